The fraction of sp³-hybridized carbons (Fsp3) is 0.250. The normalized spacial score (nSPS) is 12.1. The second kappa shape index (κ2) is 6.22. The predicted octanol–water partition coefficient (Wildman–Crippen LogP) is 3.55. The summed E-state index contributed by atoms with van der Waals surface area (Å²) in [5.74, 6) is 0.935. The van der Waals surface area contributed by atoms with E-state index in [1.807, 2.05) is 24.3 Å². The van der Waals surface area contributed by atoms with E-state index in [0.717, 1.165) is 12.3 Å². The quantitative estimate of drug-likeness (QED) is 0.864. The van der Waals surface area contributed by atoms with E-state index in [1.165, 1.54) is 11.1 Å². The third-order valence-electron chi connectivity index (χ3n) is 3.09. The van der Waals surface area contributed by atoms with Crippen molar-refractivity contribution < 1.29 is 4.74 Å². The molecule has 1 unspecified atom stereocenters. The first-order valence-electron chi connectivity index (χ1n) is 6.21. The highest BCUT2D eigenvalue weighted by molar-refractivity contribution is 5.33. The zero-order chi connectivity index (χ0) is 12.8. The smallest absolute Gasteiger partial charge is 0.123 e. The first kappa shape index (κ1) is 12.7. The van der Waals surface area contributed by atoms with Gasteiger partial charge in [-0.2, -0.15) is 0 Å². The topological polar surface area (TPSA) is 21.3 Å². The maximum absolute atomic E-state index is 5.34. The number of methoxy groups -OCH3 is 1. The van der Waals surface area contributed by atoms with E-state index in [2.05, 4.69) is 42.6 Å². The Bertz CT molecular complexity index is 481. The van der Waals surface area contributed by atoms with Crippen LogP contribution in [-0.2, 0) is 6.54 Å². The standard InChI is InChI=1S/C16H19NO/c1-13(14-8-4-3-5-9-14)17-12-15-10-6-7-11-16(15)18-2/h3-11,13,17H,12H2,1-2H3. The van der Waals surface area contributed by atoms with Crippen molar-refractivity contribution in [1.82, 2.24) is 5.32 Å². The highest BCUT2D eigenvalue weighted by Gasteiger charge is 2.06. The number of para-hydroxylation sites is 1. The third kappa shape index (κ3) is 3.11. The average Bonchev–Trinajstić information content (AvgIpc) is 2.46. The van der Waals surface area contributed by atoms with Crippen molar-refractivity contribution in [3.63, 3.8) is 0 Å². The number of ether oxygens (including phenoxy) is 1. The molecule has 1 atom stereocenters. The molecule has 0 aliphatic rings. The molecule has 0 radical (unpaired) electrons. The molecule has 0 saturated heterocycles. The van der Waals surface area contributed by atoms with Crippen LogP contribution >= 0.6 is 0 Å². The average molecular weight is 241 g/mol. The maximum atomic E-state index is 5.34. The van der Waals surface area contributed by atoms with E-state index in [9.17, 15) is 0 Å². The van der Waals surface area contributed by atoms with Crippen LogP contribution in [0.15, 0.2) is 54.6 Å². The van der Waals surface area contributed by atoms with Crippen LogP contribution in [0.25, 0.3) is 0 Å². The Labute approximate surface area is 109 Å². The minimum absolute atomic E-state index is 0.330. The zero-order valence-corrected chi connectivity index (χ0v) is 10.9. The van der Waals surface area contributed by atoms with Gasteiger partial charge in [-0.15, -0.1) is 0 Å². The van der Waals surface area contributed by atoms with E-state index in [0.29, 0.717) is 6.04 Å². The van der Waals surface area contributed by atoms with Crippen LogP contribution < -0.4 is 10.1 Å². The Hall–Kier alpha value is -1.80. The van der Waals surface area contributed by atoms with Gasteiger partial charge in [0.15, 0.2) is 0 Å². The van der Waals surface area contributed by atoms with Gasteiger partial charge >= 0.3 is 0 Å². The van der Waals surface area contributed by atoms with Gasteiger partial charge in [-0.3, -0.25) is 0 Å². The Morgan fingerprint density at radius 3 is 2.39 bits per heavy atom. The molecule has 94 valence electrons. The van der Waals surface area contributed by atoms with Crippen molar-refractivity contribution in [2.75, 3.05) is 7.11 Å². The van der Waals surface area contributed by atoms with Gasteiger partial charge in [-0.1, -0.05) is 48.5 Å². The number of nitrogens with one attached hydrogen (secondary N) is 1. The molecule has 0 saturated carbocycles. The molecular formula is C16H19NO. The molecule has 2 heteroatoms. The largest absolute Gasteiger partial charge is 0.496 e. The van der Waals surface area contributed by atoms with Crippen molar-refractivity contribution in [3.05, 3.63) is 65.7 Å². The Morgan fingerprint density at radius 1 is 1.00 bits per heavy atom. The minimum Gasteiger partial charge on any atom is -0.496 e. The summed E-state index contributed by atoms with van der Waals surface area (Å²) >= 11 is 0. The molecule has 0 aliphatic carbocycles. The lowest BCUT2D eigenvalue weighted by atomic mass is 10.1. The second-order valence-corrected chi connectivity index (χ2v) is 4.33. The summed E-state index contributed by atoms with van der Waals surface area (Å²) in [4.78, 5) is 0. The molecule has 18 heavy (non-hydrogen) atoms. The van der Waals surface area contributed by atoms with Gasteiger partial charge in [0.2, 0.25) is 0 Å². The van der Waals surface area contributed by atoms with Crippen LogP contribution in [0.1, 0.15) is 24.1 Å². The summed E-state index contributed by atoms with van der Waals surface area (Å²) in [5.41, 5.74) is 2.48. The first-order chi connectivity index (χ1) is 8.81. The van der Waals surface area contributed by atoms with Crippen LogP contribution in [-0.4, -0.2) is 7.11 Å². The van der Waals surface area contributed by atoms with Crippen LogP contribution in [0.3, 0.4) is 0 Å². The molecule has 0 fully saturated rings. The number of rotatable bonds is 5. The first-order valence-corrected chi connectivity index (χ1v) is 6.21. The summed E-state index contributed by atoms with van der Waals surface area (Å²) in [5, 5.41) is 3.51. The molecule has 2 nitrogen and oxygen atoms in total. The van der Waals surface area contributed by atoms with E-state index in [-0.39, 0.29) is 0 Å². The predicted molar refractivity (Wildman–Crippen MR) is 74.7 cm³/mol. The Morgan fingerprint density at radius 2 is 1.67 bits per heavy atom. The monoisotopic (exact) mass is 241 g/mol. The van der Waals surface area contributed by atoms with Gasteiger partial charge in [-0.05, 0) is 18.6 Å². The molecule has 0 spiro atoms. The molecule has 2 aromatic rings. The molecule has 1 N–H and O–H groups in total. The molecule has 0 heterocycles. The maximum Gasteiger partial charge on any atom is 0.123 e. The van der Waals surface area contributed by atoms with Crippen molar-refractivity contribution in [1.29, 1.82) is 0 Å². The van der Waals surface area contributed by atoms with E-state index in [1.54, 1.807) is 7.11 Å². The van der Waals surface area contributed by atoms with Crippen molar-refractivity contribution in [3.8, 4) is 5.75 Å². The summed E-state index contributed by atoms with van der Waals surface area (Å²) in [7, 11) is 1.71. The molecule has 2 rings (SSSR count). The third-order valence-corrected chi connectivity index (χ3v) is 3.09. The Kier molecular flexibility index (Phi) is 4.37. The van der Waals surface area contributed by atoms with Gasteiger partial charge in [0, 0.05) is 18.2 Å². The summed E-state index contributed by atoms with van der Waals surface area (Å²) < 4.78 is 5.34. The fourth-order valence-electron chi connectivity index (χ4n) is 1.97. The van der Waals surface area contributed by atoms with Gasteiger partial charge < -0.3 is 10.1 Å². The fourth-order valence-corrected chi connectivity index (χ4v) is 1.97. The summed E-state index contributed by atoms with van der Waals surface area (Å²) in [6.07, 6.45) is 0. The van der Waals surface area contributed by atoms with E-state index in [4.69, 9.17) is 4.74 Å². The van der Waals surface area contributed by atoms with Crippen LogP contribution in [0, 0.1) is 0 Å². The number of hydrogen-bond acceptors (Lipinski definition) is 2. The van der Waals surface area contributed by atoms with Crippen LogP contribution in [0.5, 0.6) is 5.75 Å². The lowest BCUT2D eigenvalue weighted by Crippen LogP contribution is -2.18. The highest BCUT2D eigenvalue weighted by atomic mass is 16.5. The van der Waals surface area contributed by atoms with Gasteiger partial charge in [0.25, 0.3) is 0 Å². The van der Waals surface area contributed by atoms with Crippen molar-refractivity contribution >= 4 is 0 Å². The van der Waals surface area contributed by atoms with Crippen LogP contribution in [0.2, 0.25) is 0 Å². The second-order valence-electron chi connectivity index (χ2n) is 4.33. The summed E-state index contributed by atoms with van der Waals surface area (Å²) in [6, 6.07) is 18.9. The molecule has 0 aromatic heterocycles. The molecular weight excluding hydrogens is 222 g/mol. The Balaban J connectivity index is 1.99. The lowest BCUT2D eigenvalue weighted by molar-refractivity contribution is 0.406. The van der Waals surface area contributed by atoms with Crippen molar-refractivity contribution in [2.45, 2.75) is 19.5 Å². The number of benzene rings is 2. The zero-order valence-electron chi connectivity index (χ0n) is 10.9. The highest BCUT2D eigenvalue weighted by Crippen LogP contribution is 2.18. The van der Waals surface area contributed by atoms with Gasteiger partial charge in [-0.25, -0.2) is 0 Å². The van der Waals surface area contributed by atoms with Crippen LogP contribution in [0.4, 0.5) is 0 Å². The molecule has 0 aliphatic heterocycles. The molecule has 2 aromatic carbocycles. The number of hydrogen-bond donors (Lipinski definition) is 1. The van der Waals surface area contributed by atoms with E-state index < -0.39 is 0 Å². The van der Waals surface area contributed by atoms with Crippen molar-refractivity contribution in [2.24, 2.45) is 0 Å². The lowest BCUT2D eigenvalue weighted by Gasteiger charge is -2.15. The molecule has 0 bridgehead atoms. The SMILES string of the molecule is COc1ccccc1CNC(C)c1ccccc1. The van der Waals surface area contributed by atoms with E-state index >= 15 is 0 Å². The van der Waals surface area contributed by atoms with Gasteiger partial charge in [0.1, 0.15) is 5.75 Å². The summed E-state index contributed by atoms with van der Waals surface area (Å²) in [6.45, 7) is 2.98. The molecule has 0 amide bonds. The van der Waals surface area contributed by atoms with Gasteiger partial charge in [0.05, 0.1) is 7.11 Å². The minimum atomic E-state index is 0.330.